The second-order valence-electron chi connectivity index (χ2n) is 8.15. The van der Waals surface area contributed by atoms with Crippen LogP contribution in [0.15, 0.2) is 30.3 Å². The summed E-state index contributed by atoms with van der Waals surface area (Å²) >= 11 is 0. The van der Waals surface area contributed by atoms with Gasteiger partial charge >= 0.3 is 0 Å². The molecule has 0 bridgehead atoms. The monoisotopic (exact) mass is 378 g/mol. The van der Waals surface area contributed by atoms with Crippen LogP contribution in [-0.2, 0) is 28.3 Å². The molecule has 0 radical (unpaired) electrons. The third kappa shape index (κ3) is 3.05. The summed E-state index contributed by atoms with van der Waals surface area (Å²) in [6, 6.07) is 10.5. The molecule has 2 aromatic rings. The van der Waals surface area contributed by atoms with Gasteiger partial charge in [0.25, 0.3) is 0 Å². The number of Topliss-reactive ketones (excluding diaryl/α,β-unsaturated/α-hetero) is 1. The first-order valence-corrected chi connectivity index (χ1v) is 10.4. The van der Waals surface area contributed by atoms with E-state index in [0.717, 1.165) is 65.7 Å². The highest BCUT2D eigenvalue weighted by molar-refractivity contribution is 6.00. The van der Waals surface area contributed by atoms with Gasteiger partial charge in [0.1, 0.15) is 12.4 Å². The van der Waals surface area contributed by atoms with Crippen molar-refractivity contribution in [2.24, 2.45) is 0 Å². The lowest BCUT2D eigenvalue weighted by atomic mass is 9.85. The van der Waals surface area contributed by atoms with Crippen molar-refractivity contribution in [3.63, 3.8) is 0 Å². The number of carbonyl (C=O) groups is 1. The van der Waals surface area contributed by atoms with E-state index in [1.807, 2.05) is 13.0 Å². The lowest BCUT2D eigenvalue weighted by molar-refractivity contribution is -0.241. The summed E-state index contributed by atoms with van der Waals surface area (Å²) in [5.74, 6) is 0.345. The van der Waals surface area contributed by atoms with E-state index >= 15 is 0 Å². The summed E-state index contributed by atoms with van der Waals surface area (Å²) in [6.07, 6.45) is 5.84. The zero-order valence-corrected chi connectivity index (χ0v) is 16.4. The van der Waals surface area contributed by atoms with Crippen molar-refractivity contribution in [3.8, 4) is 16.9 Å². The Morgan fingerprint density at radius 3 is 2.46 bits per heavy atom. The van der Waals surface area contributed by atoms with Crippen LogP contribution in [0.25, 0.3) is 11.1 Å². The van der Waals surface area contributed by atoms with Crippen LogP contribution in [-0.4, -0.2) is 19.0 Å². The standard InChI is InChI=1S/C24H26O4/c1-24(27-10-3-2-4-11-28-24)18-8-9-19-17(12-18)15-26-23-14-20-16(13-21(19)23)6-5-7-22(20)25/h8-9,12-14H,2-7,10-11,15H2,1H3. The van der Waals surface area contributed by atoms with Gasteiger partial charge in [0.05, 0.1) is 13.2 Å². The molecule has 1 aliphatic carbocycles. The Kier molecular flexibility index (Phi) is 4.48. The molecule has 2 aliphatic heterocycles. The molecule has 1 saturated heterocycles. The van der Waals surface area contributed by atoms with E-state index in [1.54, 1.807) is 0 Å². The Balaban J connectivity index is 1.53. The fraction of sp³-hybridized carbons (Fsp3) is 0.458. The van der Waals surface area contributed by atoms with Crippen molar-refractivity contribution < 1.29 is 19.0 Å². The number of aryl methyl sites for hydroxylation is 1. The van der Waals surface area contributed by atoms with Gasteiger partial charge in [-0.25, -0.2) is 0 Å². The lowest BCUT2D eigenvalue weighted by Gasteiger charge is -2.33. The number of ether oxygens (including phenoxy) is 3. The van der Waals surface area contributed by atoms with E-state index in [9.17, 15) is 4.79 Å². The Morgan fingerprint density at radius 1 is 0.821 bits per heavy atom. The maximum Gasteiger partial charge on any atom is 0.191 e. The Morgan fingerprint density at radius 2 is 1.64 bits per heavy atom. The minimum atomic E-state index is -0.710. The van der Waals surface area contributed by atoms with Crippen LogP contribution in [0, 0.1) is 0 Å². The Hall–Kier alpha value is -2.17. The fourth-order valence-corrected chi connectivity index (χ4v) is 4.53. The van der Waals surface area contributed by atoms with Crippen LogP contribution in [0.1, 0.15) is 66.1 Å². The highest BCUT2D eigenvalue weighted by atomic mass is 16.7. The molecule has 0 amide bonds. The molecule has 3 aliphatic rings. The number of ketones is 1. The van der Waals surface area contributed by atoms with Crippen LogP contribution in [0.2, 0.25) is 0 Å². The average Bonchev–Trinajstić information content (AvgIpc) is 2.69. The second-order valence-corrected chi connectivity index (χ2v) is 8.15. The lowest BCUT2D eigenvalue weighted by Crippen LogP contribution is -2.32. The zero-order chi connectivity index (χ0) is 19.1. The van der Waals surface area contributed by atoms with Crippen molar-refractivity contribution in [3.05, 3.63) is 52.6 Å². The van der Waals surface area contributed by atoms with Crippen LogP contribution in [0.4, 0.5) is 0 Å². The van der Waals surface area contributed by atoms with E-state index in [0.29, 0.717) is 26.2 Å². The second kappa shape index (κ2) is 7.02. The molecule has 28 heavy (non-hydrogen) atoms. The van der Waals surface area contributed by atoms with Crippen molar-refractivity contribution in [1.29, 1.82) is 0 Å². The van der Waals surface area contributed by atoms with Crippen molar-refractivity contribution >= 4 is 5.78 Å². The first-order chi connectivity index (χ1) is 13.6. The highest BCUT2D eigenvalue weighted by Crippen LogP contribution is 2.42. The van der Waals surface area contributed by atoms with Gasteiger partial charge in [-0.05, 0) is 73.9 Å². The SMILES string of the molecule is CC1(c2ccc3c(c2)COc2cc4c(cc2-3)CCCC4=O)OCCCCCO1. The van der Waals surface area contributed by atoms with Gasteiger partial charge in [0, 0.05) is 23.1 Å². The molecule has 4 nitrogen and oxygen atoms in total. The van der Waals surface area contributed by atoms with E-state index in [-0.39, 0.29) is 5.78 Å². The number of hydrogen-bond donors (Lipinski definition) is 0. The first kappa shape index (κ1) is 17.9. The van der Waals surface area contributed by atoms with Crippen molar-refractivity contribution in [2.75, 3.05) is 13.2 Å². The summed E-state index contributed by atoms with van der Waals surface area (Å²) in [7, 11) is 0. The molecule has 0 spiro atoms. The fourth-order valence-electron chi connectivity index (χ4n) is 4.53. The van der Waals surface area contributed by atoms with Crippen LogP contribution in [0.5, 0.6) is 5.75 Å². The van der Waals surface area contributed by atoms with Crippen LogP contribution >= 0.6 is 0 Å². The summed E-state index contributed by atoms with van der Waals surface area (Å²) in [4.78, 5) is 12.2. The molecule has 0 aromatic heterocycles. The molecule has 146 valence electrons. The molecule has 0 atom stereocenters. The van der Waals surface area contributed by atoms with Gasteiger partial charge in [-0.15, -0.1) is 0 Å². The normalized spacial score (nSPS) is 20.8. The summed E-state index contributed by atoms with van der Waals surface area (Å²) in [5, 5.41) is 0. The maximum absolute atomic E-state index is 12.2. The molecular weight excluding hydrogens is 352 g/mol. The number of fused-ring (bicyclic) bond motifs is 4. The number of carbonyl (C=O) groups excluding carboxylic acids is 1. The van der Waals surface area contributed by atoms with E-state index in [1.165, 1.54) is 5.56 Å². The number of hydrogen-bond acceptors (Lipinski definition) is 4. The number of benzene rings is 2. The van der Waals surface area contributed by atoms with E-state index < -0.39 is 5.79 Å². The molecule has 5 rings (SSSR count). The van der Waals surface area contributed by atoms with Gasteiger partial charge in [-0.2, -0.15) is 0 Å². The van der Waals surface area contributed by atoms with Crippen molar-refractivity contribution in [1.82, 2.24) is 0 Å². The summed E-state index contributed by atoms with van der Waals surface area (Å²) < 4.78 is 18.3. The molecule has 0 saturated carbocycles. The molecule has 0 unspecified atom stereocenters. The number of rotatable bonds is 1. The molecule has 1 fully saturated rings. The highest BCUT2D eigenvalue weighted by Gasteiger charge is 2.31. The maximum atomic E-state index is 12.2. The Bertz CT molecular complexity index is 922. The van der Waals surface area contributed by atoms with Gasteiger partial charge in [0.15, 0.2) is 11.6 Å². The van der Waals surface area contributed by atoms with Gasteiger partial charge in [-0.1, -0.05) is 12.1 Å². The van der Waals surface area contributed by atoms with Gasteiger partial charge in [0.2, 0.25) is 0 Å². The Labute approximate surface area is 165 Å². The zero-order valence-electron chi connectivity index (χ0n) is 16.4. The van der Waals surface area contributed by atoms with E-state index in [4.69, 9.17) is 14.2 Å². The van der Waals surface area contributed by atoms with Crippen molar-refractivity contribution in [2.45, 2.75) is 57.8 Å². The third-order valence-electron chi connectivity index (χ3n) is 6.20. The van der Waals surface area contributed by atoms with Gasteiger partial charge in [-0.3, -0.25) is 4.79 Å². The quantitative estimate of drug-likeness (QED) is 0.688. The van der Waals surface area contributed by atoms with Crippen LogP contribution < -0.4 is 4.74 Å². The topological polar surface area (TPSA) is 44.8 Å². The largest absolute Gasteiger partial charge is 0.488 e. The van der Waals surface area contributed by atoms with E-state index in [2.05, 4.69) is 24.3 Å². The molecule has 2 heterocycles. The predicted molar refractivity (Wildman–Crippen MR) is 107 cm³/mol. The third-order valence-corrected chi connectivity index (χ3v) is 6.20. The first-order valence-electron chi connectivity index (χ1n) is 10.4. The molecular formula is C24H26O4. The summed E-state index contributed by atoms with van der Waals surface area (Å²) in [5.41, 5.74) is 6.44. The average molecular weight is 378 g/mol. The smallest absolute Gasteiger partial charge is 0.191 e. The summed E-state index contributed by atoms with van der Waals surface area (Å²) in [6.45, 7) is 3.94. The minimum absolute atomic E-state index is 0.236. The van der Waals surface area contributed by atoms with Crippen LogP contribution in [0.3, 0.4) is 0 Å². The molecule has 0 N–H and O–H groups in total. The predicted octanol–water partition coefficient (Wildman–Crippen LogP) is 5.15. The minimum Gasteiger partial charge on any atom is -0.488 e. The molecule has 2 aromatic carbocycles. The van der Waals surface area contributed by atoms with Gasteiger partial charge < -0.3 is 14.2 Å². The molecule has 4 heteroatoms.